The zero-order valence-electron chi connectivity index (χ0n) is 16.9. The number of anilines is 1. The molecule has 2 heterocycles. The number of rotatable bonds is 5. The second-order valence-corrected chi connectivity index (χ2v) is 7.88. The first-order chi connectivity index (χ1) is 14.5. The van der Waals surface area contributed by atoms with E-state index < -0.39 is 5.91 Å². The molecule has 2 atom stereocenters. The Hall–Kier alpha value is -3.13. The number of carbonyl (C=O) groups excluding carboxylic acids is 2. The molecule has 2 aliphatic rings. The molecular weight excluding hydrogens is 382 g/mol. The SMILES string of the molecule is C=CC(=O)N1CCO[C@@H](Cn2nc(C3CCc4ccccc4C3)c(C(N)=O)c2N)C1. The molecule has 0 spiro atoms. The normalized spacial score (nSPS) is 21.1. The van der Waals surface area contributed by atoms with Gasteiger partial charge in [0.25, 0.3) is 5.91 Å². The lowest BCUT2D eigenvalue weighted by Gasteiger charge is -2.32. The maximum absolute atomic E-state index is 12.2. The molecular formula is C22H27N5O3. The molecule has 8 heteroatoms. The third kappa shape index (κ3) is 3.82. The number of hydrogen-bond donors (Lipinski definition) is 2. The molecule has 1 unspecified atom stereocenters. The van der Waals surface area contributed by atoms with Gasteiger partial charge < -0.3 is 21.1 Å². The molecule has 1 saturated heterocycles. The Balaban J connectivity index is 1.58. The van der Waals surface area contributed by atoms with E-state index in [9.17, 15) is 9.59 Å². The summed E-state index contributed by atoms with van der Waals surface area (Å²) < 4.78 is 7.40. The molecule has 1 aromatic heterocycles. The molecule has 158 valence electrons. The van der Waals surface area contributed by atoms with Crippen molar-refractivity contribution < 1.29 is 14.3 Å². The summed E-state index contributed by atoms with van der Waals surface area (Å²) in [5, 5.41) is 4.70. The predicted octanol–water partition coefficient (Wildman–Crippen LogP) is 1.25. The van der Waals surface area contributed by atoms with E-state index in [1.807, 2.05) is 12.1 Å². The Kier molecular flexibility index (Phi) is 5.59. The summed E-state index contributed by atoms with van der Waals surface area (Å²) in [6.07, 6.45) is 3.64. The molecule has 1 fully saturated rings. The molecule has 2 amide bonds. The number of carbonyl (C=O) groups is 2. The van der Waals surface area contributed by atoms with Crippen LogP contribution in [0, 0.1) is 0 Å². The summed E-state index contributed by atoms with van der Waals surface area (Å²) in [5.74, 6) is -0.360. The number of nitrogens with zero attached hydrogens (tertiary/aromatic N) is 3. The Morgan fingerprint density at radius 1 is 1.30 bits per heavy atom. The largest absolute Gasteiger partial charge is 0.383 e. The fourth-order valence-corrected chi connectivity index (χ4v) is 4.45. The number of aryl methyl sites for hydroxylation is 1. The predicted molar refractivity (Wildman–Crippen MR) is 113 cm³/mol. The van der Waals surface area contributed by atoms with Crippen molar-refractivity contribution in [2.45, 2.75) is 37.8 Å². The second-order valence-electron chi connectivity index (χ2n) is 7.88. The van der Waals surface area contributed by atoms with Crippen LogP contribution in [0.1, 0.15) is 39.5 Å². The molecule has 0 radical (unpaired) electrons. The van der Waals surface area contributed by atoms with Crippen LogP contribution in [0.5, 0.6) is 0 Å². The first-order valence-electron chi connectivity index (χ1n) is 10.2. The summed E-state index contributed by atoms with van der Waals surface area (Å²) >= 11 is 0. The van der Waals surface area contributed by atoms with Crippen molar-refractivity contribution in [2.24, 2.45) is 5.73 Å². The average Bonchev–Trinajstić information content (AvgIpc) is 3.09. The Bertz CT molecular complexity index is 983. The van der Waals surface area contributed by atoms with Gasteiger partial charge in [-0.2, -0.15) is 5.10 Å². The van der Waals surface area contributed by atoms with E-state index in [1.165, 1.54) is 17.2 Å². The molecule has 0 saturated carbocycles. The minimum atomic E-state index is -0.569. The van der Waals surface area contributed by atoms with Gasteiger partial charge >= 0.3 is 0 Å². The van der Waals surface area contributed by atoms with Crippen molar-refractivity contribution in [3.05, 3.63) is 59.3 Å². The highest BCUT2D eigenvalue weighted by atomic mass is 16.5. The van der Waals surface area contributed by atoms with Crippen molar-refractivity contribution in [3.8, 4) is 0 Å². The van der Waals surface area contributed by atoms with E-state index in [-0.39, 0.29) is 23.7 Å². The van der Waals surface area contributed by atoms with Gasteiger partial charge in [-0.1, -0.05) is 30.8 Å². The number of amides is 2. The van der Waals surface area contributed by atoms with Crippen LogP contribution in [0.3, 0.4) is 0 Å². The number of morpholine rings is 1. The van der Waals surface area contributed by atoms with Crippen LogP contribution >= 0.6 is 0 Å². The van der Waals surface area contributed by atoms with Crippen LogP contribution in [-0.4, -0.2) is 52.3 Å². The van der Waals surface area contributed by atoms with Crippen molar-refractivity contribution in [1.82, 2.24) is 14.7 Å². The van der Waals surface area contributed by atoms with Gasteiger partial charge in [0, 0.05) is 19.0 Å². The van der Waals surface area contributed by atoms with Gasteiger partial charge in [-0.25, -0.2) is 4.68 Å². The molecule has 0 bridgehead atoms. The molecule has 8 nitrogen and oxygen atoms in total. The van der Waals surface area contributed by atoms with Crippen LogP contribution < -0.4 is 11.5 Å². The maximum Gasteiger partial charge on any atom is 0.254 e. The number of aromatic nitrogens is 2. The number of nitrogens with two attached hydrogens (primary N) is 2. The number of ether oxygens (including phenoxy) is 1. The zero-order valence-corrected chi connectivity index (χ0v) is 16.9. The van der Waals surface area contributed by atoms with Crippen LogP contribution in [0.4, 0.5) is 5.82 Å². The van der Waals surface area contributed by atoms with E-state index in [4.69, 9.17) is 21.3 Å². The molecule has 4 rings (SSSR count). The lowest BCUT2D eigenvalue weighted by Crippen LogP contribution is -2.46. The first kappa shape index (κ1) is 20.2. The van der Waals surface area contributed by atoms with Gasteiger partial charge in [0.15, 0.2) is 0 Å². The van der Waals surface area contributed by atoms with Crippen LogP contribution in [-0.2, 0) is 28.9 Å². The zero-order chi connectivity index (χ0) is 21.3. The van der Waals surface area contributed by atoms with E-state index >= 15 is 0 Å². The van der Waals surface area contributed by atoms with E-state index in [0.29, 0.717) is 37.5 Å². The number of benzene rings is 1. The number of hydrogen-bond acceptors (Lipinski definition) is 5. The highest BCUT2D eigenvalue weighted by molar-refractivity contribution is 5.98. The fourth-order valence-electron chi connectivity index (χ4n) is 4.45. The first-order valence-corrected chi connectivity index (χ1v) is 10.2. The maximum atomic E-state index is 12.2. The van der Waals surface area contributed by atoms with Crippen LogP contribution in [0.15, 0.2) is 36.9 Å². The molecule has 30 heavy (non-hydrogen) atoms. The number of primary amides is 1. The van der Waals surface area contributed by atoms with Crippen LogP contribution in [0.2, 0.25) is 0 Å². The minimum absolute atomic E-state index is 0.0806. The second kappa shape index (κ2) is 8.31. The fraction of sp³-hybridized carbons (Fsp3) is 0.409. The Morgan fingerprint density at radius 3 is 2.80 bits per heavy atom. The van der Waals surface area contributed by atoms with E-state index in [0.717, 1.165) is 19.3 Å². The summed E-state index contributed by atoms with van der Waals surface area (Å²) in [6, 6.07) is 8.34. The number of fused-ring (bicyclic) bond motifs is 1. The lowest BCUT2D eigenvalue weighted by molar-refractivity contribution is -0.134. The summed E-state index contributed by atoms with van der Waals surface area (Å²) in [5.41, 5.74) is 15.5. The van der Waals surface area contributed by atoms with Gasteiger partial charge in [-0.05, 0) is 36.5 Å². The molecule has 1 aromatic carbocycles. The van der Waals surface area contributed by atoms with Crippen molar-refractivity contribution in [2.75, 3.05) is 25.4 Å². The highest BCUT2D eigenvalue weighted by Gasteiger charge is 2.31. The summed E-state index contributed by atoms with van der Waals surface area (Å²) in [7, 11) is 0. The van der Waals surface area contributed by atoms with Crippen molar-refractivity contribution >= 4 is 17.6 Å². The van der Waals surface area contributed by atoms with Crippen molar-refractivity contribution in [1.29, 1.82) is 0 Å². The van der Waals surface area contributed by atoms with Gasteiger partial charge in [0.1, 0.15) is 11.4 Å². The minimum Gasteiger partial charge on any atom is -0.383 e. The highest BCUT2D eigenvalue weighted by Crippen LogP contribution is 2.35. The molecule has 1 aliphatic heterocycles. The van der Waals surface area contributed by atoms with E-state index in [2.05, 4.69) is 18.7 Å². The van der Waals surface area contributed by atoms with Gasteiger partial charge in [0.2, 0.25) is 5.91 Å². The third-order valence-corrected chi connectivity index (χ3v) is 6.00. The van der Waals surface area contributed by atoms with Gasteiger partial charge in [-0.15, -0.1) is 0 Å². The molecule has 4 N–H and O–H groups in total. The Labute approximate surface area is 175 Å². The van der Waals surface area contributed by atoms with Crippen LogP contribution in [0.25, 0.3) is 0 Å². The Morgan fingerprint density at radius 2 is 2.07 bits per heavy atom. The van der Waals surface area contributed by atoms with Gasteiger partial charge in [0.05, 0.1) is 24.9 Å². The summed E-state index contributed by atoms with van der Waals surface area (Å²) in [4.78, 5) is 25.8. The lowest BCUT2D eigenvalue weighted by atomic mass is 9.81. The van der Waals surface area contributed by atoms with Crippen molar-refractivity contribution in [3.63, 3.8) is 0 Å². The third-order valence-electron chi connectivity index (χ3n) is 6.00. The quantitative estimate of drug-likeness (QED) is 0.721. The summed E-state index contributed by atoms with van der Waals surface area (Å²) in [6.45, 7) is 5.26. The smallest absolute Gasteiger partial charge is 0.254 e. The standard InChI is InChI=1S/C22H27N5O3/c1-2-18(28)26-9-10-30-17(12-26)13-27-21(23)19(22(24)29)20(25-27)16-8-7-14-5-3-4-6-15(14)11-16/h2-6,16-17H,1,7-13,23H2,(H2,24,29)/t16?,17-/m1/s1. The molecule has 1 aliphatic carbocycles. The topological polar surface area (TPSA) is 116 Å². The molecule has 2 aromatic rings. The number of nitrogen functional groups attached to an aromatic ring is 1. The monoisotopic (exact) mass is 409 g/mol. The van der Waals surface area contributed by atoms with E-state index in [1.54, 1.807) is 9.58 Å². The average molecular weight is 409 g/mol. The van der Waals surface area contributed by atoms with Gasteiger partial charge in [-0.3, -0.25) is 9.59 Å².